The van der Waals surface area contributed by atoms with Gasteiger partial charge in [-0.1, -0.05) is 78.5 Å². The van der Waals surface area contributed by atoms with E-state index in [1.165, 1.54) is 11.8 Å². The monoisotopic (exact) mass is 372 g/mol. The average molecular weight is 372 g/mol. The highest BCUT2D eigenvalue weighted by molar-refractivity contribution is 7.99. The number of hydrogen-bond donors (Lipinski definition) is 0. The molecule has 0 atom stereocenters. The number of benzene rings is 3. The Hall–Kier alpha value is -2.85. The van der Waals surface area contributed by atoms with Gasteiger partial charge < -0.3 is 4.57 Å². The van der Waals surface area contributed by atoms with Gasteiger partial charge in [0, 0.05) is 12.1 Å². The molecular formula is C23H20N2OS. The van der Waals surface area contributed by atoms with Gasteiger partial charge in [-0.25, -0.2) is 4.98 Å². The Morgan fingerprint density at radius 3 is 2.30 bits per heavy atom. The smallest absolute Gasteiger partial charge is 0.173 e. The van der Waals surface area contributed by atoms with E-state index in [1.54, 1.807) is 0 Å². The van der Waals surface area contributed by atoms with Crippen molar-refractivity contribution >= 4 is 28.6 Å². The van der Waals surface area contributed by atoms with Gasteiger partial charge in [0.1, 0.15) is 0 Å². The molecule has 0 fully saturated rings. The molecule has 0 amide bonds. The Balaban J connectivity index is 1.48. The van der Waals surface area contributed by atoms with Gasteiger partial charge in [0.15, 0.2) is 10.9 Å². The summed E-state index contributed by atoms with van der Waals surface area (Å²) in [5.41, 5.74) is 5.10. The summed E-state index contributed by atoms with van der Waals surface area (Å²) >= 11 is 1.50. The lowest BCUT2D eigenvalue weighted by Crippen LogP contribution is -2.04. The normalized spacial score (nSPS) is 11.0. The van der Waals surface area contributed by atoms with Crippen molar-refractivity contribution in [3.63, 3.8) is 0 Å². The SMILES string of the molecule is CCn1c(SCC(=O)c2ccc(-c3ccccc3)cc2)nc2ccccc21. The van der Waals surface area contributed by atoms with Gasteiger partial charge in [-0.15, -0.1) is 0 Å². The van der Waals surface area contributed by atoms with Crippen LogP contribution in [0.3, 0.4) is 0 Å². The summed E-state index contributed by atoms with van der Waals surface area (Å²) < 4.78 is 2.16. The van der Waals surface area contributed by atoms with Crippen LogP contribution in [-0.2, 0) is 6.54 Å². The predicted molar refractivity (Wildman–Crippen MR) is 112 cm³/mol. The highest BCUT2D eigenvalue weighted by atomic mass is 32.2. The summed E-state index contributed by atoms with van der Waals surface area (Å²) in [6.07, 6.45) is 0. The van der Waals surface area contributed by atoms with Gasteiger partial charge in [0.25, 0.3) is 0 Å². The third-order valence-corrected chi connectivity index (χ3v) is 5.56. The number of aromatic nitrogens is 2. The van der Waals surface area contributed by atoms with E-state index in [2.05, 4.69) is 34.7 Å². The maximum absolute atomic E-state index is 12.6. The number of imidazole rings is 1. The second-order valence-corrected chi connectivity index (χ2v) is 7.23. The first-order valence-electron chi connectivity index (χ1n) is 9.03. The molecule has 0 saturated carbocycles. The fourth-order valence-electron chi connectivity index (χ4n) is 3.16. The van der Waals surface area contributed by atoms with Gasteiger partial charge in [0.05, 0.1) is 16.8 Å². The Labute approximate surface area is 163 Å². The highest BCUT2D eigenvalue weighted by Crippen LogP contribution is 2.25. The minimum atomic E-state index is 0.120. The number of nitrogens with zero attached hydrogens (tertiary/aromatic N) is 2. The zero-order chi connectivity index (χ0) is 18.6. The Morgan fingerprint density at radius 1 is 0.889 bits per heavy atom. The number of hydrogen-bond acceptors (Lipinski definition) is 3. The first-order chi connectivity index (χ1) is 13.3. The number of fused-ring (bicyclic) bond motifs is 1. The molecule has 0 aliphatic heterocycles. The quantitative estimate of drug-likeness (QED) is 0.322. The number of Topliss-reactive ketones (excluding diaryl/α,β-unsaturated/α-hetero) is 1. The molecular weight excluding hydrogens is 352 g/mol. The fraction of sp³-hybridized carbons (Fsp3) is 0.130. The van der Waals surface area contributed by atoms with Crippen LogP contribution in [-0.4, -0.2) is 21.1 Å². The third-order valence-electron chi connectivity index (χ3n) is 4.58. The molecule has 0 bridgehead atoms. The van der Waals surface area contributed by atoms with E-state index < -0.39 is 0 Å². The molecule has 0 unspecified atom stereocenters. The summed E-state index contributed by atoms with van der Waals surface area (Å²) in [4.78, 5) is 17.3. The largest absolute Gasteiger partial charge is 0.319 e. The van der Waals surface area contributed by atoms with Crippen LogP contribution in [0.5, 0.6) is 0 Å². The molecule has 0 spiro atoms. The number of aryl methyl sites for hydroxylation is 1. The molecule has 1 heterocycles. The van der Waals surface area contributed by atoms with E-state index in [0.717, 1.165) is 39.4 Å². The maximum Gasteiger partial charge on any atom is 0.173 e. The van der Waals surface area contributed by atoms with Crippen molar-refractivity contribution in [2.75, 3.05) is 5.75 Å². The van der Waals surface area contributed by atoms with Crippen LogP contribution in [0.25, 0.3) is 22.2 Å². The molecule has 0 aliphatic carbocycles. The van der Waals surface area contributed by atoms with Crippen molar-refractivity contribution in [3.8, 4) is 11.1 Å². The van der Waals surface area contributed by atoms with E-state index in [4.69, 9.17) is 0 Å². The zero-order valence-corrected chi connectivity index (χ0v) is 15.9. The lowest BCUT2D eigenvalue weighted by molar-refractivity contribution is 0.102. The van der Waals surface area contributed by atoms with Gasteiger partial charge in [-0.3, -0.25) is 4.79 Å². The van der Waals surface area contributed by atoms with E-state index in [1.807, 2.05) is 60.7 Å². The van der Waals surface area contributed by atoms with E-state index in [0.29, 0.717) is 5.75 Å². The van der Waals surface area contributed by atoms with E-state index in [-0.39, 0.29) is 5.78 Å². The van der Waals surface area contributed by atoms with Crippen molar-refractivity contribution in [1.82, 2.24) is 9.55 Å². The molecule has 3 aromatic carbocycles. The molecule has 0 saturated heterocycles. The molecule has 1 aromatic heterocycles. The minimum absolute atomic E-state index is 0.120. The van der Waals surface area contributed by atoms with E-state index >= 15 is 0 Å². The average Bonchev–Trinajstić information content (AvgIpc) is 3.10. The molecule has 4 heteroatoms. The van der Waals surface area contributed by atoms with Crippen molar-refractivity contribution in [2.45, 2.75) is 18.6 Å². The number of rotatable bonds is 6. The molecule has 4 aromatic rings. The standard InChI is InChI=1S/C23H20N2OS/c1-2-25-21-11-7-6-10-20(21)24-23(25)27-16-22(26)19-14-12-18(13-15-19)17-8-4-3-5-9-17/h3-15H,2,16H2,1H3. The van der Waals surface area contributed by atoms with E-state index in [9.17, 15) is 4.79 Å². The summed E-state index contributed by atoms with van der Waals surface area (Å²) in [7, 11) is 0. The van der Waals surface area contributed by atoms with Crippen LogP contribution in [0.2, 0.25) is 0 Å². The number of para-hydroxylation sites is 2. The summed E-state index contributed by atoms with van der Waals surface area (Å²) in [5.74, 6) is 0.503. The molecule has 0 N–H and O–H groups in total. The van der Waals surface area contributed by atoms with Crippen LogP contribution in [0.4, 0.5) is 0 Å². The third kappa shape index (κ3) is 3.67. The second-order valence-electron chi connectivity index (χ2n) is 6.28. The fourth-order valence-corrected chi connectivity index (χ4v) is 4.13. The van der Waals surface area contributed by atoms with Gasteiger partial charge in [0.2, 0.25) is 0 Å². The summed E-state index contributed by atoms with van der Waals surface area (Å²) in [6, 6.07) is 26.1. The van der Waals surface area contributed by atoms with Crippen LogP contribution >= 0.6 is 11.8 Å². The van der Waals surface area contributed by atoms with Crippen LogP contribution in [0.15, 0.2) is 84.0 Å². The van der Waals surface area contributed by atoms with Crippen molar-refractivity contribution in [2.24, 2.45) is 0 Å². The molecule has 4 rings (SSSR count). The zero-order valence-electron chi connectivity index (χ0n) is 15.1. The first kappa shape index (κ1) is 17.6. The van der Waals surface area contributed by atoms with Crippen molar-refractivity contribution in [3.05, 3.63) is 84.4 Å². The van der Waals surface area contributed by atoms with Gasteiger partial charge >= 0.3 is 0 Å². The van der Waals surface area contributed by atoms with Crippen molar-refractivity contribution in [1.29, 1.82) is 0 Å². The first-order valence-corrected chi connectivity index (χ1v) is 10.0. The van der Waals surface area contributed by atoms with Gasteiger partial charge in [-0.2, -0.15) is 0 Å². The lowest BCUT2D eigenvalue weighted by Gasteiger charge is -2.06. The lowest BCUT2D eigenvalue weighted by atomic mass is 10.0. The molecule has 27 heavy (non-hydrogen) atoms. The molecule has 3 nitrogen and oxygen atoms in total. The summed E-state index contributed by atoms with van der Waals surface area (Å²) in [6.45, 7) is 2.94. The number of carbonyl (C=O) groups is 1. The Kier molecular flexibility index (Phi) is 5.07. The van der Waals surface area contributed by atoms with Crippen LogP contribution in [0, 0.1) is 0 Å². The van der Waals surface area contributed by atoms with Crippen molar-refractivity contribution < 1.29 is 4.79 Å². The maximum atomic E-state index is 12.6. The Bertz CT molecular complexity index is 1070. The second kappa shape index (κ2) is 7.80. The van der Waals surface area contributed by atoms with Crippen LogP contribution in [0.1, 0.15) is 17.3 Å². The molecule has 0 aliphatic rings. The molecule has 0 radical (unpaired) electrons. The number of ketones is 1. The highest BCUT2D eigenvalue weighted by Gasteiger charge is 2.13. The minimum Gasteiger partial charge on any atom is -0.319 e. The Morgan fingerprint density at radius 2 is 1.56 bits per heavy atom. The summed E-state index contributed by atoms with van der Waals surface area (Å²) in [5, 5.41) is 0.896. The number of carbonyl (C=O) groups excluding carboxylic acids is 1. The molecule has 134 valence electrons. The van der Waals surface area contributed by atoms with Crippen LogP contribution < -0.4 is 0 Å². The van der Waals surface area contributed by atoms with Gasteiger partial charge in [-0.05, 0) is 30.2 Å². The predicted octanol–water partition coefficient (Wildman–Crippen LogP) is 5.70. The topological polar surface area (TPSA) is 34.9 Å². The number of thioether (sulfide) groups is 1.